The Morgan fingerprint density at radius 1 is 1.38 bits per heavy atom. The van der Waals surface area contributed by atoms with Crippen LogP contribution in [0.2, 0.25) is 0 Å². The van der Waals surface area contributed by atoms with E-state index in [0.29, 0.717) is 0 Å². The minimum atomic E-state index is 0.755. The van der Waals surface area contributed by atoms with Gasteiger partial charge in [-0.15, -0.1) is 0 Å². The van der Waals surface area contributed by atoms with Gasteiger partial charge in [0.05, 0.1) is 0 Å². The van der Waals surface area contributed by atoms with Crippen molar-refractivity contribution < 1.29 is 0 Å². The van der Waals surface area contributed by atoms with E-state index in [1.165, 1.54) is 33.9 Å². The van der Waals surface area contributed by atoms with Crippen molar-refractivity contribution in [1.29, 1.82) is 0 Å². The Hall–Kier alpha value is -0.800. The molecule has 1 saturated carbocycles. The van der Waals surface area contributed by atoms with Gasteiger partial charge in [-0.1, -0.05) is 18.2 Å². The molecule has 3 rings (SSSR count). The quantitative estimate of drug-likeness (QED) is 0.913. The van der Waals surface area contributed by atoms with Crippen molar-refractivity contribution in [2.24, 2.45) is 7.05 Å². The number of aromatic nitrogens is 1. The molecule has 0 spiro atoms. The molecule has 16 heavy (non-hydrogen) atoms. The van der Waals surface area contributed by atoms with Gasteiger partial charge in [0.15, 0.2) is 0 Å². The van der Waals surface area contributed by atoms with E-state index in [2.05, 4.69) is 57.1 Å². The summed E-state index contributed by atoms with van der Waals surface area (Å²) >= 11 is 3.71. The molecule has 0 saturated heterocycles. The highest BCUT2D eigenvalue weighted by molar-refractivity contribution is 9.10. The largest absolute Gasteiger partial charge is 0.345 e. The maximum atomic E-state index is 3.71. The third-order valence-corrected chi connectivity index (χ3v) is 4.18. The van der Waals surface area contributed by atoms with Crippen LogP contribution in [-0.2, 0) is 13.6 Å². The van der Waals surface area contributed by atoms with Gasteiger partial charge >= 0.3 is 0 Å². The summed E-state index contributed by atoms with van der Waals surface area (Å²) in [4.78, 5) is 0. The summed E-state index contributed by atoms with van der Waals surface area (Å²) < 4.78 is 3.51. The molecule has 0 aliphatic heterocycles. The molecule has 1 N–H and O–H groups in total. The molecule has 0 radical (unpaired) electrons. The number of nitrogens with one attached hydrogen (secondary N) is 1. The van der Waals surface area contributed by atoms with Gasteiger partial charge in [-0.05, 0) is 34.8 Å². The van der Waals surface area contributed by atoms with E-state index in [4.69, 9.17) is 0 Å². The zero-order valence-electron chi connectivity index (χ0n) is 9.33. The fourth-order valence-electron chi connectivity index (χ4n) is 2.12. The van der Waals surface area contributed by atoms with Crippen molar-refractivity contribution in [2.75, 3.05) is 0 Å². The summed E-state index contributed by atoms with van der Waals surface area (Å²) in [6, 6.07) is 9.27. The van der Waals surface area contributed by atoms with Crippen LogP contribution in [0.25, 0.3) is 10.9 Å². The molecular formula is C13H15BrN2. The lowest BCUT2D eigenvalue weighted by Gasteiger charge is -2.06. The van der Waals surface area contributed by atoms with Gasteiger partial charge in [-0.25, -0.2) is 0 Å². The first kappa shape index (κ1) is 10.4. The van der Waals surface area contributed by atoms with Crippen LogP contribution < -0.4 is 5.32 Å². The molecule has 1 fully saturated rings. The number of halogens is 1. The van der Waals surface area contributed by atoms with Crippen LogP contribution in [0.5, 0.6) is 0 Å². The number of hydrogen-bond donors (Lipinski definition) is 1. The summed E-state index contributed by atoms with van der Waals surface area (Å²) in [6.07, 6.45) is 2.67. The molecule has 3 heteroatoms. The Morgan fingerprint density at radius 3 is 2.81 bits per heavy atom. The first-order chi connectivity index (χ1) is 7.77. The summed E-state index contributed by atoms with van der Waals surface area (Å²) in [5.41, 5.74) is 2.63. The Labute approximate surface area is 104 Å². The Morgan fingerprint density at radius 2 is 2.12 bits per heavy atom. The van der Waals surface area contributed by atoms with Crippen LogP contribution in [0.15, 0.2) is 28.7 Å². The summed E-state index contributed by atoms with van der Waals surface area (Å²) in [6.45, 7) is 0.955. The number of aryl methyl sites for hydroxylation is 1. The molecule has 1 heterocycles. The van der Waals surface area contributed by atoms with Gasteiger partial charge in [0.25, 0.3) is 0 Å². The number of hydrogen-bond acceptors (Lipinski definition) is 1. The van der Waals surface area contributed by atoms with Gasteiger partial charge < -0.3 is 9.88 Å². The number of rotatable bonds is 3. The molecular weight excluding hydrogens is 264 g/mol. The van der Waals surface area contributed by atoms with Crippen LogP contribution >= 0.6 is 15.9 Å². The van der Waals surface area contributed by atoms with Gasteiger partial charge in [-0.2, -0.15) is 0 Å². The smallest absolute Gasteiger partial charge is 0.0492 e. The molecule has 2 nitrogen and oxygen atoms in total. The molecule has 1 aromatic heterocycles. The molecule has 0 bridgehead atoms. The van der Waals surface area contributed by atoms with Gasteiger partial charge in [0.2, 0.25) is 0 Å². The molecule has 2 aromatic rings. The predicted molar refractivity (Wildman–Crippen MR) is 70.5 cm³/mol. The highest BCUT2D eigenvalue weighted by Crippen LogP contribution is 2.30. The fraction of sp³-hybridized carbons (Fsp3) is 0.385. The second-order valence-electron chi connectivity index (χ2n) is 4.49. The van der Waals surface area contributed by atoms with Crippen LogP contribution in [0.1, 0.15) is 18.5 Å². The van der Waals surface area contributed by atoms with Crippen LogP contribution in [0.3, 0.4) is 0 Å². The standard InChI is InChI=1S/C13H15BrN2/c1-16-11-5-3-2-4-10(11)13(14)12(16)8-15-9-6-7-9/h2-5,9,15H,6-8H2,1H3. The number of benzene rings is 1. The fourth-order valence-corrected chi connectivity index (χ4v) is 2.87. The molecule has 0 amide bonds. The maximum Gasteiger partial charge on any atom is 0.0492 e. The van der Waals surface area contributed by atoms with Crippen molar-refractivity contribution in [2.45, 2.75) is 25.4 Å². The third kappa shape index (κ3) is 1.68. The zero-order valence-corrected chi connectivity index (χ0v) is 10.9. The molecule has 84 valence electrons. The van der Waals surface area contributed by atoms with E-state index >= 15 is 0 Å². The maximum absolute atomic E-state index is 3.71. The first-order valence-electron chi connectivity index (χ1n) is 5.72. The zero-order chi connectivity index (χ0) is 11.1. The lowest BCUT2D eigenvalue weighted by Crippen LogP contribution is -2.17. The molecule has 0 atom stereocenters. The van der Waals surface area contributed by atoms with Gasteiger partial charge in [0.1, 0.15) is 0 Å². The summed E-state index contributed by atoms with van der Waals surface area (Å²) in [5.74, 6) is 0. The first-order valence-corrected chi connectivity index (χ1v) is 6.52. The highest BCUT2D eigenvalue weighted by atomic mass is 79.9. The minimum Gasteiger partial charge on any atom is -0.345 e. The van der Waals surface area contributed by atoms with E-state index in [-0.39, 0.29) is 0 Å². The Bertz CT molecular complexity index is 487. The number of para-hydroxylation sites is 1. The lowest BCUT2D eigenvalue weighted by molar-refractivity contribution is 0.653. The minimum absolute atomic E-state index is 0.755. The molecule has 1 aromatic carbocycles. The van der Waals surface area contributed by atoms with Gasteiger partial charge in [-0.3, -0.25) is 0 Å². The summed E-state index contributed by atoms with van der Waals surface area (Å²) in [5, 5.41) is 4.87. The van der Waals surface area contributed by atoms with Crippen molar-refractivity contribution in [3.63, 3.8) is 0 Å². The van der Waals surface area contributed by atoms with Crippen LogP contribution in [0, 0.1) is 0 Å². The van der Waals surface area contributed by atoms with Crippen molar-refractivity contribution in [1.82, 2.24) is 9.88 Å². The lowest BCUT2D eigenvalue weighted by atomic mass is 10.2. The second-order valence-corrected chi connectivity index (χ2v) is 5.29. The Kier molecular flexibility index (Phi) is 2.52. The van der Waals surface area contributed by atoms with E-state index < -0.39 is 0 Å². The van der Waals surface area contributed by atoms with Crippen LogP contribution in [0.4, 0.5) is 0 Å². The molecule has 1 aliphatic rings. The third-order valence-electron chi connectivity index (χ3n) is 3.30. The van der Waals surface area contributed by atoms with Gasteiger partial charge in [0, 0.05) is 40.7 Å². The Balaban J connectivity index is 2.01. The van der Waals surface area contributed by atoms with Crippen molar-refractivity contribution in [3.8, 4) is 0 Å². The topological polar surface area (TPSA) is 17.0 Å². The van der Waals surface area contributed by atoms with Crippen LogP contribution in [-0.4, -0.2) is 10.6 Å². The van der Waals surface area contributed by atoms with E-state index in [9.17, 15) is 0 Å². The van der Waals surface area contributed by atoms with E-state index in [1.807, 2.05) is 0 Å². The van der Waals surface area contributed by atoms with Crippen molar-refractivity contribution in [3.05, 3.63) is 34.4 Å². The average molecular weight is 279 g/mol. The van der Waals surface area contributed by atoms with E-state index in [0.717, 1.165) is 12.6 Å². The SMILES string of the molecule is Cn1c(CNC2CC2)c(Br)c2ccccc21. The summed E-state index contributed by atoms with van der Waals surface area (Å²) in [7, 11) is 2.14. The average Bonchev–Trinajstić information content (AvgIpc) is 3.09. The molecule has 0 unspecified atom stereocenters. The molecule has 1 aliphatic carbocycles. The second kappa shape index (κ2) is 3.90. The number of nitrogens with zero attached hydrogens (tertiary/aromatic N) is 1. The van der Waals surface area contributed by atoms with Crippen molar-refractivity contribution >= 4 is 26.8 Å². The van der Waals surface area contributed by atoms with E-state index in [1.54, 1.807) is 0 Å². The normalized spacial score (nSPS) is 15.9. The monoisotopic (exact) mass is 278 g/mol. The predicted octanol–water partition coefficient (Wildman–Crippen LogP) is 3.19. The highest BCUT2D eigenvalue weighted by Gasteiger charge is 2.21. The number of fused-ring (bicyclic) bond motifs is 1.